The average Bonchev–Trinajstić information content (AvgIpc) is 3.83. The maximum atomic E-state index is 2.56. The molecule has 1 spiro atoms. The Labute approximate surface area is 371 Å². The number of hydrogen-bond acceptors (Lipinski definition) is 1. The highest BCUT2D eigenvalue weighted by atomic mass is 15.1. The third-order valence-corrected chi connectivity index (χ3v) is 14.4. The molecule has 64 heavy (non-hydrogen) atoms. The van der Waals surface area contributed by atoms with E-state index in [-0.39, 0.29) is 0 Å². The van der Waals surface area contributed by atoms with E-state index < -0.39 is 5.41 Å². The summed E-state index contributed by atoms with van der Waals surface area (Å²) in [5.41, 5.74) is 15.8. The largest absolute Gasteiger partial charge is 0.310 e. The molecule has 2 aliphatic rings. The van der Waals surface area contributed by atoms with Crippen LogP contribution >= 0.6 is 0 Å². The Hall–Kier alpha value is -8.26. The molecule has 0 amide bonds. The molecule has 1 heteroatoms. The summed E-state index contributed by atoms with van der Waals surface area (Å²) in [4.78, 5) is 2.55. The van der Waals surface area contributed by atoms with Gasteiger partial charge in [0.2, 0.25) is 0 Å². The van der Waals surface area contributed by atoms with Crippen LogP contribution in [-0.4, -0.2) is 0 Å². The summed E-state index contributed by atoms with van der Waals surface area (Å²) < 4.78 is 0. The zero-order valence-corrected chi connectivity index (χ0v) is 35.0. The van der Waals surface area contributed by atoms with E-state index in [1.54, 1.807) is 0 Å². The van der Waals surface area contributed by atoms with Gasteiger partial charge in [-0.25, -0.2) is 0 Å². The first-order chi connectivity index (χ1) is 31.8. The zero-order chi connectivity index (χ0) is 41.9. The van der Waals surface area contributed by atoms with E-state index in [0.717, 1.165) is 17.1 Å². The molecule has 0 saturated carbocycles. The van der Waals surface area contributed by atoms with Crippen molar-refractivity contribution in [1.82, 2.24) is 0 Å². The van der Waals surface area contributed by atoms with Gasteiger partial charge in [0.05, 0.1) is 11.1 Å². The number of hydrogen-bond donors (Lipinski definition) is 0. The monoisotopic (exact) mass is 809 g/mol. The van der Waals surface area contributed by atoms with Crippen LogP contribution in [0.5, 0.6) is 0 Å². The van der Waals surface area contributed by atoms with Gasteiger partial charge < -0.3 is 4.90 Å². The molecule has 0 unspecified atom stereocenters. The van der Waals surface area contributed by atoms with Crippen LogP contribution in [0.3, 0.4) is 0 Å². The predicted molar refractivity (Wildman–Crippen MR) is 270 cm³/mol. The second kappa shape index (κ2) is 13.4. The lowest BCUT2D eigenvalue weighted by Gasteiger charge is -2.33. The van der Waals surface area contributed by atoms with Gasteiger partial charge in [0, 0.05) is 16.9 Å². The Balaban J connectivity index is 1.12. The van der Waals surface area contributed by atoms with Crippen LogP contribution in [0.4, 0.5) is 17.1 Å². The fraction of sp³-hybridized carbons (Fsp3) is 0.0159. The van der Waals surface area contributed by atoms with Crippen molar-refractivity contribution in [3.63, 3.8) is 0 Å². The molecule has 14 rings (SSSR count). The molecule has 0 radical (unpaired) electrons. The fourth-order valence-electron chi connectivity index (χ4n) is 11.8. The molecule has 296 valence electrons. The van der Waals surface area contributed by atoms with Crippen molar-refractivity contribution in [3.05, 3.63) is 259 Å². The van der Waals surface area contributed by atoms with E-state index in [0.29, 0.717) is 0 Å². The quantitative estimate of drug-likeness (QED) is 0.160. The highest BCUT2D eigenvalue weighted by Gasteiger charge is 2.52. The van der Waals surface area contributed by atoms with Crippen molar-refractivity contribution in [1.29, 1.82) is 0 Å². The predicted octanol–water partition coefficient (Wildman–Crippen LogP) is 16.9. The average molecular weight is 810 g/mol. The van der Waals surface area contributed by atoms with E-state index in [4.69, 9.17) is 0 Å². The summed E-state index contributed by atoms with van der Waals surface area (Å²) in [5.74, 6) is 0. The second-order valence-electron chi connectivity index (χ2n) is 17.5. The fourth-order valence-corrected chi connectivity index (χ4v) is 11.8. The Kier molecular flexibility index (Phi) is 7.38. The Bertz CT molecular complexity index is 3830. The van der Waals surface area contributed by atoms with Crippen molar-refractivity contribution in [3.8, 4) is 33.4 Å². The van der Waals surface area contributed by atoms with Gasteiger partial charge in [-0.2, -0.15) is 0 Å². The highest BCUT2D eigenvalue weighted by Crippen LogP contribution is 2.64. The van der Waals surface area contributed by atoms with E-state index in [1.807, 2.05) is 0 Å². The molecular weight excluding hydrogens is 771 g/mol. The first-order valence-corrected chi connectivity index (χ1v) is 22.3. The van der Waals surface area contributed by atoms with Crippen molar-refractivity contribution in [2.45, 2.75) is 5.41 Å². The van der Waals surface area contributed by atoms with Gasteiger partial charge in [0.1, 0.15) is 0 Å². The van der Waals surface area contributed by atoms with Crippen LogP contribution in [0.2, 0.25) is 0 Å². The summed E-state index contributed by atoms with van der Waals surface area (Å²) >= 11 is 0. The van der Waals surface area contributed by atoms with E-state index in [9.17, 15) is 0 Å². The smallest absolute Gasteiger partial charge is 0.0726 e. The van der Waals surface area contributed by atoms with Crippen molar-refractivity contribution in [2.75, 3.05) is 4.90 Å². The summed E-state index contributed by atoms with van der Waals surface area (Å²) in [7, 11) is 0. The molecular formula is C63H39N. The van der Waals surface area contributed by atoms with Crippen LogP contribution in [0, 0.1) is 0 Å². The van der Waals surface area contributed by atoms with Gasteiger partial charge in [-0.05, 0) is 140 Å². The molecule has 0 saturated heterocycles. The minimum atomic E-state index is -0.491. The first-order valence-electron chi connectivity index (χ1n) is 22.3. The standard InChI is InChI=1S/C63H39N/c1-2-16-40(17-3-1)55-38-57-54-26-12-15-29-60(54)63(58-27-13-10-24-52(58)53-25-11-14-28-59(53)63)61(57)39-62(55)64(43-32-34-46-42(36-43)31-30-41-18-4-5-19-45(41)46)44-33-35-51-49-22-7-6-20-47(49)48-21-8-9-23-50(48)56(51)37-44/h1-39H. The Morgan fingerprint density at radius 3 is 1.34 bits per heavy atom. The maximum Gasteiger partial charge on any atom is 0.0726 e. The van der Waals surface area contributed by atoms with Gasteiger partial charge in [-0.3, -0.25) is 0 Å². The number of benzene rings is 12. The van der Waals surface area contributed by atoms with Gasteiger partial charge in [0.15, 0.2) is 0 Å². The first kappa shape index (κ1) is 35.3. The molecule has 2 aliphatic carbocycles. The summed E-state index contributed by atoms with van der Waals surface area (Å²) in [6.07, 6.45) is 0. The molecule has 0 fully saturated rings. The van der Waals surface area contributed by atoms with E-state index >= 15 is 0 Å². The normalized spacial score (nSPS) is 13.1. The van der Waals surface area contributed by atoms with E-state index in [2.05, 4.69) is 241 Å². The Morgan fingerprint density at radius 1 is 0.250 bits per heavy atom. The SMILES string of the molecule is c1ccc(-c2cc3c(cc2N(c2ccc4c(ccc5ccccc54)c2)c2ccc4c5ccccc5c5ccccc5c4c2)C2(c4ccccc4-c4ccccc42)c2ccccc2-3)cc1. The molecule has 12 aromatic carbocycles. The number of anilines is 3. The van der Waals surface area contributed by atoms with Crippen molar-refractivity contribution < 1.29 is 0 Å². The zero-order valence-electron chi connectivity index (χ0n) is 35.0. The minimum absolute atomic E-state index is 0.491. The summed E-state index contributed by atoms with van der Waals surface area (Å²) in [5, 5.41) is 12.6. The van der Waals surface area contributed by atoms with Crippen molar-refractivity contribution in [2.24, 2.45) is 0 Å². The summed E-state index contributed by atoms with van der Waals surface area (Å²) in [6.45, 7) is 0. The summed E-state index contributed by atoms with van der Waals surface area (Å²) in [6, 6.07) is 88.7. The lowest BCUT2D eigenvalue weighted by Crippen LogP contribution is -2.26. The van der Waals surface area contributed by atoms with Gasteiger partial charge >= 0.3 is 0 Å². The molecule has 0 bridgehead atoms. The number of nitrogens with zero attached hydrogens (tertiary/aromatic N) is 1. The van der Waals surface area contributed by atoms with Crippen LogP contribution in [0.1, 0.15) is 22.3 Å². The third-order valence-electron chi connectivity index (χ3n) is 14.4. The topological polar surface area (TPSA) is 3.24 Å². The molecule has 0 N–H and O–H groups in total. The molecule has 0 heterocycles. The molecule has 0 aliphatic heterocycles. The maximum absolute atomic E-state index is 2.56. The molecule has 0 atom stereocenters. The lowest BCUT2D eigenvalue weighted by molar-refractivity contribution is 0.794. The second-order valence-corrected chi connectivity index (χ2v) is 17.5. The number of rotatable bonds is 4. The molecule has 0 aromatic heterocycles. The molecule has 1 nitrogen and oxygen atoms in total. The number of fused-ring (bicyclic) bond motifs is 19. The van der Waals surface area contributed by atoms with E-state index in [1.165, 1.54) is 109 Å². The molecule has 12 aromatic rings. The van der Waals surface area contributed by atoms with Crippen LogP contribution in [0.15, 0.2) is 237 Å². The van der Waals surface area contributed by atoms with Crippen LogP contribution in [-0.2, 0) is 5.41 Å². The van der Waals surface area contributed by atoms with Gasteiger partial charge in [0.25, 0.3) is 0 Å². The Morgan fingerprint density at radius 2 is 0.703 bits per heavy atom. The van der Waals surface area contributed by atoms with Crippen LogP contribution < -0.4 is 4.90 Å². The lowest BCUT2D eigenvalue weighted by atomic mass is 9.70. The highest BCUT2D eigenvalue weighted by molar-refractivity contribution is 6.26. The van der Waals surface area contributed by atoms with Crippen molar-refractivity contribution >= 4 is 70.9 Å². The third kappa shape index (κ3) is 4.79. The van der Waals surface area contributed by atoms with Gasteiger partial charge in [-0.15, -0.1) is 0 Å². The van der Waals surface area contributed by atoms with Crippen LogP contribution in [0.25, 0.3) is 87.2 Å². The minimum Gasteiger partial charge on any atom is -0.310 e. The van der Waals surface area contributed by atoms with Gasteiger partial charge in [-0.1, -0.05) is 200 Å².